The Morgan fingerprint density at radius 2 is 1.71 bits per heavy atom. The molecule has 2 atom stereocenters. The van der Waals surface area contributed by atoms with Gasteiger partial charge in [0.2, 0.25) is 5.91 Å². The molecule has 0 aliphatic heterocycles. The molecule has 0 aliphatic rings. The summed E-state index contributed by atoms with van der Waals surface area (Å²) in [7, 11) is -7.56. The Kier molecular flexibility index (Phi) is 10.1. The number of likely N-dealkylation sites (N-methyl/N-ethyl adjacent to an activating group) is 1. The molecule has 2 aromatic carbocycles. The third kappa shape index (κ3) is 9.62. The molecule has 3 N–H and O–H groups in total. The number of aryl methyl sites for hydroxylation is 1. The van der Waals surface area contributed by atoms with Gasteiger partial charge in [0.15, 0.2) is 0 Å². The largest absolute Gasteiger partial charge is 0.396 e. The second-order valence-electron chi connectivity index (χ2n) is 8.28. The molecule has 0 heterocycles. The second kappa shape index (κ2) is 11.5. The summed E-state index contributed by atoms with van der Waals surface area (Å²) in [5, 5.41) is 15.5. The van der Waals surface area contributed by atoms with Crippen LogP contribution in [0.25, 0.3) is 0 Å². The van der Waals surface area contributed by atoms with E-state index in [0.29, 0.717) is 36.6 Å². The van der Waals surface area contributed by atoms with Crippen LogP contribution in [0.4, 0.5) is 19.4 Å². The van der Waals surface area contributed by atoms with Crippen molar-refractivity contribution < 1.29 is 29.3 Å². The molecule has 0 saturated carbocycles. The fourth-order valence-corrected chi connectivity index (χ4v) is 4.12. The van der Waals surface area contributed by atoms with Gasteiger partial charge in [0.1, 0.15) is 4.90 Å². The summed E-state index contributed by atoms with van der Waals surface area (Å²) in [6, 6.07) is 9.07. The lowest BCUT2D eigenvalue weighted by Crippen LogP contribution is -2.34. The maximum absolute atomic E-state index is 12.1. The van der Waals surface area contributed by atoms with Crippen molar-refractivity contribution in [1.82, 2.24) is 10.6 Å². The van der Waals surface area contributed by atoms with Crippen LogP contribution in [0.15, 0.2) is 60.0 Å². The van der Waals surface area contributed by atoms with Gasteiger partial charge in [-0.1, -0.05) is 75.8 Å². The zero-order valence-corrected chi connectivity index (χ0v) is 21.3. The van der Waals surface area contributed by atoms with Crippen molar-refractivity contribution in [3.63, 3.8) is 0 Å². The number of amides is 1. The number of carbonyl (C=O) groups excluding carboxylic acids is 1. The Bertz CT molecular complexity index is 996. The van der Waals surface area contributed by atoms with Gasteiger partial charge in [-0.05, 0) is 67.6 Å². The molecule has 0 spiro atoms. The van der Waals surface area contributed by atoms with E-state index in [-0.39, 0.29) is 18.6 Å². The van der Waals surface area contributed by atoms with E-state index in [0.717, 1.165) is 24.1 Å². The van der Waals surface area contributed by atoms with E-state index in [1.807, 2.05) is 13.1 Å². The molecule has 0 aliphatic carbocycles. The smallest absolute Gasteiger partial charge is 0.310 e. The summed E-state index contributed by atoms with van der Waals surface area (Å²) in [4.78, 5) is 9.61. The molecule has 0 aromatic heterocycles. The number of hydrogen-bond acceptors (Lipinski definition) is 3. The lowest BCUT2D eigenvalue weighted by Gasteiger charge is -2.40. The second-order valence-corrected chi connectivity index (χ2v) is 10.7. The normalized spacial score (nSPS) is 15.0. The van der Waals surface area contributed by atoms with Crippen LogP contribution >= 0.6 is 10.2 Å². The third-order valence-corrected chi connectivity index (χ3v) is 6.75. The summed E-state index contributed by atoms with van der Waals surface area (Å²) in [6.45, 7) is 9.98. The van der Waals surface area contributed by atoms with Crippen molar-refractivity contribution in [2.75, 3.05) is 20.2 Å². The summed E-state index contributed by atoms with van der Waals surface area (Å²) in [5.41, 5.74) is 4.11. The molecule has 2 unspecified atom stereocenters. The van der Waals surface area contributed by atoms with E-state index in [1.54, 1.807) is 0 Å². The lowest BCUT2D eigenvalue weighted by molar-refractivity contribution is -0.116. The van der Waals surface area contributed by atoms with Gasteiger partial charge in [-0.25, -0.2) is 0 Å². The summed E-state index contributed by atoms with van der Waals surface area (Å²) >= 11 is 0. The molecule has 0 fully saturated rings. The van der Waals surface area contributed by atoms with E-state index in [9.17, 15) is 29.3 Å². The minimum atomic E-state index is -9.45. The Morgan fingerprint density at radius 1 is 1.11 bits per heavy atom. The first kappa shape index (κ1) is 30.6. The monoisotopic (exact) mass is 522 g/mol. The van der Waals surface area contributed by atoms with E-state index in [2.05, 4.69) is 43.2 Å². The zero-order valence-electron chi connectivity index (χ0n) is 20.5. The maximum Gasteiger partial charge on any atom is 0.310 e. The van der Waals surface area contributed by atoms with Crippen molar-refractivity contribution in [1.29, 1.82) is 0 Å². The number of aliphatic hydroxyl groups is 1. The Hall–Kier alpha value is -2.43. The Balaban J connectivity index is 0.000000400. The first-order chi connectivity index (χ1) is 16.1. The van der Waals surface area contributed by atoms with Gasteiger partial charge < -0.3 is 15.7 Å². The highest BCUT2D eigenvalue weighted by Gasteiger charge is 2.65. The number of rotatable bonds is 10. The maximum atomic E-state index is 12.1. The highest BCUT2D eigenvalue weighted by Crippen LogP contribution is 3.02. The molecule has 35 heavy (non-hydrogen) atoms. The summed E-state index contributed by atoms with van der Waals surface area (Å²) < 4.78 is 60.4. The number of benzene rings is 2. The van der Waals surface area contributed by atoms with E-state index < -0.39 is 15.1 Å². The van der Waals surface area contributed by atoms with Crippen molar-refractivity contribution in [3.8, 4) is 0 Å². The molecule has 0 bridgehead atoms. The highest BCUT2D eigenvalue weighted by atomic mass is 32.5. The number of halogens is 5. The van der Waals surface area contributed by atoms with Crippen molar-refractivity contribution in [3.05, 3.63) is 77.4 Å². The third-order valence-electron chi connectivity index (χ3n) is 5.58. The Morgan fingerprint density at radius 3 is 2.17 bits per heavy atom. The molecule has 198 valence electrons. The van der Waals surface area contributed by atoms with E-state index in [4.69, 9.17) is 0 Å². The van der Waals surface area contributed by atoms with Crippen molar-refractivity contribution >= 4 is 16.1 Å². The molecule has 4 nitrogen and oxygen atoms in total. The van der Waals surface area contributed by atoms with E-state index >= 15 is 0 Å². The van der Waals surface area contributed by atoms with Crippen LogP contribution < -0.4 is 10.6 Å². The number of nitrogens with one attached hydrogen (secondary N) is 2. The first-order valence-electron chi connectivity index (χ1n) is 11.2. The van der Waals surface area contributed by atoms with Gasteiger partial charge in [-0.15, -0.1) is 0 Å². The van der Waals surface area contributed by atoms with Gasteiger partial charge in [-0.2, -0.15) is 0 Å². The summed E-state index contributed by atoms with van der Waals surface area (Å²) in [5.74, 6) is 0.254. The molecule has 1 amide bonds. The SMILES string of the molecule is C=CC(=O)NCC(NC)c1c(CCO)cccc1C(C)CC.Cc1ccc(S(F)(F)(F)(F)F)cc1. The first-order valence-corrected chi connectivity index (χ1v) is 13.1. The fraction of sp³-hybridized carbons (Fsp3) is 0.400. The molecule has 2 rings (SSSR count). The predicted molar refractivity (Wildman–Crippen MR) is 134 cm³/mol. The average Bonchev–Trinajstić information content (AvgIpc) is 2.78. The van der Waals surface area contributed by atoms with Crippen LogP contribution in [0.1, 0.15) is 54.5 Å². The molecular formula is C25H35F5N2O2S. The van der Waals surface area contributed by atoms with Crippen LogP contribution in [-0.2, 0) is 11.2 Å². The topological polar surface area (TPSA) is 61.4 Å². The summed E-state index contributed by atoms with van der Waals surface area (Å²) in [6.07, 6.45) is 2.94. The number of carbonyl (C=O) groups is 1. The van der Waals surface area contributed by atoms with Crippen LogP contribution in [-0.4, -0.2) is 31.2 Å². The molecular weight excluding hydrogens is 487 g/mol. The standard InChI is InChI=1S/C18H28N2O2.C7H7F5S/c1-5-13(3)15-9-7-8-14(10-11-21)18(15)16(19-4)12-20-17(22)6-2;1-6-2-4-7(5-3-6)13(8,9,10,11)12/h6-9,13,16,19,21H,2,5,10-12H2,1,3-4H3,(H,20,22);2-5H,1H3. The van der Waals surface area contributed by atoms with Crippen LogP contribution in [0.3, 0.4) is 0 Å². The minimum absolute atomic E-state index is 0.00986. The van der Waals surface area contributed by atoms with E-state index in [1.165, 1.54) is 24.1 Å². The van der Waals surface area contributed by atoms with Crippen LogP contribution in [0.2, 0.25) is 0 Å². The van der Waals surface area contributed by atoms with Crippen LogP contribution in [0, 0.1) is 6.92 Å². The average molecular weight is 523 g/mol. The highest BCUT2D eigenvalue weighted by molar-refractivity contribution is 8.45. The van der Waals surface area contributed by atoms with Crippen molar-refractivity contribution in [2.24, 2.45) is 0 Å². The molecule has 0 saturated heterocycles. The number of aliphatic hydroxyl groups excluding tert-OH is 1. The Labute approximate surface area is 204 Å². The molecule has 2 aromatic rings. The van der Waals surface area contributed by atoms with Crippen LogP contribution in [0.5, 0.6) is 0 Å². The minimum Gasteiger partial charge on any atom is -0.396 e. The predicted octanol–water partition coefficient (Wildman–Crippen LogP) is 6.95. The van der Waals surface area contributed by atoms with Gasteiger partial charge in [0, 0.05) is 19.2 Å². The van der Waals surface area contributed by atoms with Crippen molar-refractivity contribution in [2.45, 2.75) is 50.5 Å². The van der Waals surface area contributed by atoms with Gasteiger partial charge in [0.25, 0.3) is 0 Å². The fourth-order valence-electron chi connectivity index (χ4n) is 3.46. The van der Waals surface area contributed by atoms with Gasteiger partial charge in [0.05, 0.1) is 0 Å². The molecule has 10 heteroatoms. The molecule has 0 radical (unpaired) electrons. The lowest BCUT2D eigenvalue weighted by atomic mass is 9.86. The zero-order chi connectivity index (χ0) is 26.9. The quantitative estimate of drug-likeness (QED) is 0.234. The van der Waals surface area contributed by atoms with Gasteiger partial charge >= 0.3 is 10.2 Å². The van der Waals surface area contributed by atoms with Gasteiger partial charge in [-0.3, -0.25) is 4.79 Å². The number of hydrogen-bond donors (Lipinski definition) is 3.